The van der Waals surface area contributed by atoms with E-state index in [0.717, 1.165) is 10.6 Å². The Bertz CT molecular complexity index is 747. The molecular formula is C16H15ClN2O4S. The second kappa shape index (κ2) is 7.29. The molecule has 1 aliphatic heterocycles. The first-order chi connectivity index (χ1) is 11.5. The molecule has 6 nitrogen and oxygen atoms in total. The van der Waals surface area contributed by atoms with Crippen molar-refractivity contribution in [3.8, 4) is 10.6 Å². The average molecular weight is 367 g/mol. The summed E-state index contributed by atoms with van der Waals surface area (Å²) in [5.74, 6) is -1.22. The van der Waals surface area contributed by atoms with Gasteiger partial charge in [0.1, 0.15) is 10.7 Å². The molecule has 1 fully saturated rings. The number of carbonyl (C=O) groups excluding carboxylic acids is 1. The van der Waals surface area contributed by atoms with Crippen LogP contribution in [-0.2, 0) is 9.53 Å². The number of nitrogens with zero attached hydrogens (tertiary/aromatic N) is 2. The third-order valence-corrected chi connectivity index (χ3v) is 4.86. The van der Waals surface area contributed by atoms with E-state index >= 15 is 0 Å². The summed E-state index contributed by atoms with van der Waals surface area (Å²) in [6.07, 6.45) is -0.139. The lowest BCUT2D eigenvalue weighted by Crippen LogP contribution is -2.49. The summed E-state index contributed by atoms with van der Waals surface area (Å²) >= 11 is 7.24. The molecule has 0 spiro atoms. The van der Waals surface area contributed by atoms with Gasteiger partial charge in [-0.15, -0.1) is 11.3 Å². The number of halogens is 1. The molecule has 1 amide bonds. The predicted molar refractivity (Wildman–Crippen MR) is 90.5 cm³/mol. The maximum absolute atomic E-state index is 12.7. The van der Waals surface area contributed by atoms with Gasteiger partial charge in [-0.05, 0) is 12.1 Å². The number of benzene rings is 1. The Morgan fingerprint density at radius 1 is 1.38 bits per heavy atom. The fourth-order valence-electron chi connectivity index (χ4n) is 2.54. The van der Waals surface area contributed by atoms with Crippen LogP contribution in [0.2, 0.25) is 5.02 Å². The maximum atomic E-state index is 12.7. The van der Waals surface area contributed by atoms with Crippen LogP contribution in [0, 0.1) is 0 Å². The van der Waals surface area contributed by atoms with Crippen LogP contribution in [0.3, 0.4) is 0 Å². The summed E-state index contributed by atoms with van der Waals surface area (Å²) in [7, 11) is 0. The quantitative estimate of drug-likeness (QED) is 0.900. The summed E-state index contributed by atoms with van der Waals surface area (Å²) in [6, 6.07) is 6.76. The Balaban J connectivity index is 1.79. The van der Waals surface area contributed by atoms with Gasteiger partial charge >= 0.3 is 5.97 Å². The smallest absolute Gasteiger partial charge is 0.305 e. The third-order valence-electron chi connectivity index (χ3n) is 3.71. The number of carboxylic acid groups (broad SMARTS) is 1. The van der Waals surface area contributed by atoms with E-state index in [-0.39, 0.29) is 18.9 Å². The lowest BCUT2D eigenvalue weighted by molar-refractivity contribution is -0.139. The van der Waals surface area contributed by atoms with Gasteiger partial charge in [-0.2, -0.15) is 0 Å². The largest absolute Gasteiger partial charge is 0.481 e. The predicted octanol–water partition coefficient (Wildman–Crippen LogP) is 2.78. The van der Waals surface area contributed by atoms with Crippen LogP contribution < -0.4 is 0 Å². The van der Waals surface area contributed by atoms with Gasteiger partial charge in [0.05, 0.1) is 25.7 Å². The maximum Gasteiger partial charge on any atom is 0.305 e. The normalized spacial score (nSPS) is 17.7. The van der Waals surface area contributed by atoms with Crippen molar-refractivity contribution in [2.45, 2.75) is 12.5 Å². The van der Waals surface area contributed by atoms with Crippen LogP contribution in [0.4, 0.5) is 0 Å². The Labute approximate surface area is 147 Å². The van der Waals surface area contributed by atoms with E-state index in [2.05, 4.69) is 4.98 Å². The van der Waals surface area contributed by atoms with Crippen LogP contribution in [0.25, 0.3) is 10.6 Å². The number of thiazole rings is 1. The second-order valence-corrected chi connectivity index (χ2v) is 6.66. The van der Waals surface area contributed by atoms with E-state index < -0.39 is 12.0 Å². The van der Waals surface area contributed by atoms with Gasteiger partial charge in [0.2, 0.25) is 0 Å². The molecule has 8 heteroatoms. The Hall–Kier alpha value is -1.96. The van der Waals surface area contributed by atoms with Crippen LogP contribution in [0.5, 0.6) is 0 Å². The molecule has 0 aliphatic carbocycles. The molecule has 3 rings (SSSR count). The van der Waals surface area contributed by atoms with Gasteiger partial charge < -0.3 is 14.7 Å². The van der Waals surface area contributed by atoms with Gasteiger partial charge in [-0.25, -0.2) is 4.98 Å². The Kier molecular flexibility index (Phi) is 5.13. The highest BCUT2D eigenvalue weighted by Crippen LogP contribution is 2.26. The minimum absolute atomic E-state index is 0.139. The fourth-order valence-corrected chi connectivity index (χ4v) is 3.46. The molecule has 1 aromatic carbocycles. The van der Waals surface area contributed by atoms with Crippen molar-refractivity contribution in [1.29, 1.82) is 0 Å². The molecule has 1 unspecified atom stereocenters. The number of morpholine rings is 1. The highest BCUT2D eigenvalue weighted by atomic mass is 35.5. The first-order valence-electron chi connectivity index (χ1n) is 7.36. The molecule has 0 saturated carbocycles. The van der Waals surface area contributed by atoms with Crippen LogP contribution in [0.1, 0.15) is 16.9 Å². The summed E-state index contributed by atoms with van der Waals surface area (Å²) < 4.78 is 5.30. The molecule has 1 saturated heterocycles. The number of carbonyl (C=O) groups is 2. The van der Waals surface area contributed by atoms with E-state index in [1.807, 2.05) is 12.1 Å². The number of ether oxygens (including phenoxy) is 1. The zero-order chi connectivity index (χ0) is 17.1. The average Bonchev–Trinajstić information content (AvgIpc) is 3.05. The first kappa shape index (κ1) is 16.9. The number of hydrogen-bond acceptors (Lipinski definition) is 5. The third kappa shape index (κ3) is 3.75. The van der Waals surface area contributed by atoms with Crippen molar-refractivity contribution in [2.24, 2.45) is 0 Å². The Morgan fingerprint density at radius 3 is 2.83 bits per heavy atom. The molecule has 1 N–H and O–H groups in total. The van der Waals surface area contributed by atoms with E-state index in [4.69, 9.17) is 21.4 Å². The van der Waals surface area contributed by atoms with Crippen molar-refractivity contribution >= 4 is 34.8 Å². The lowest BCUT2D eigenvalue weighted by atomic mass is 10.1. The van der Waals surface area contributed by atoms with Crippen molar-refractivity contribution < 1.29 is 19.4 Å². The van der Waals surface area contributed by atoms with Gasteiger partial charge in [-0.1, -0.05) is 23.7 Å². The lowest BCUT2D eigenvalue weighted by Gasteiger charge is -2.34. The molecular weight excluding hydrogens is 352 g/mol. The van der Waals surface area contributed by atoms with E-state index in [1.54, 1.807) is 17.5 Å². The summed E-state index contributed by atoms with van der Waals surface area (Å²) in [4.78, 5) is 29.6. The zero-order valence-corrected chi connectivity index (χ0v) is 14.2. The topological polar surface area (TPSA) is 79.7 Å². The standard InChI is InChI=1S/C16H15ClN2O4S/c17-11-3-1-10(2-4-11)15-18-13(9-24-15)16(22)19-5-6-23-8-12(19)7-14(20)21/h1-4,9,12H,5-8H2,(H,20,21). The van der Waals surface area contributed by atoms with Crippen molar-refractivity contribution in [3.05, 3.63) is 40.4 Å². The molecule has 126 valence electrons. The molecule has 1 aliphatic rings. The van der Waals surface area contributed by atoms with Gasteiger partial charge in [-0.3, -0.25) is 9.59 Å². The fraction of sp³-hybridized carbons (Fsp3) is 0.312. The van der Waals surface area contributed by atoms with E-state index in [0.29, 0.717) is 23.9 Å². The molecule has 24 heavy (non-hydrogen) atoms. The first-order valence-corrected chi connectivity index (χ1v) is 8.62. The highest BCUT2D eigenvalue weighted by Gasteiger charge is 2.31. The van der Waals surface area contributed by atoms with Gasteiger partial charge in [0, 0.05) is 22.5 Å². The summed E-state index contributed by atoms with van der Waals surface area (Å²) in [5, 5.41) is 12.0. The second-order valence-electron chi connectivity index (χ2n) is 5.37. The van der Waals surface area contributed by atoms with Gasteiger partial charge in [0.25, 0.3) is 5.91 Å². The highest BCUT2D eigenvalue weighted by molar-refractivity contribution is 7.13. The number of rotatable bonds is 4. The van der Waals surface area contributed by atoms with Gasteiger partial charge in [0.15, 0.2) is 0 Å². The van der Waals surface area contributed by atoms with Crippen molar-refractivity contribution in [2.75, 3.05) is 19.8 Å². The van der Waals surface area contributed by atoms with Crippen LogP contribution in [0.15, 0.2) is 29.6 Å². The minimum Gasteiger partial charge on any atom is -0.481 e. The molecule has 0 bridgehead atoms. The Morgan fingerprint density at radius 2 is 2.12 bits per heavy atom. The summed E-state index contributed by atoms with van der Waals surface area (Å²) in [5.41, 5.74) is 1.20. The summed E-state index contributed by atoms with van der Waals surface area (Å²) in [6.45, 7) is 0.993. The molecule has 2 heterocycles. The van der Waals surface area contributed by atoms with Crippen molar-refractivity contribution in [1.82, 2.24) is 9.88 Å². The number of hydrogen-bond donors (Lipinski definition) is 1. The van der Waals surface area contributed by atoms with E-state index in [9.17, 15) is 9.59 Å². The zero-order valence-electron chi connectivity index (χ0n) is 12.6. The number of carboxylic acids is 1. The SMILES string of the molecule is O=C(O)CC1COCCN1C(=O)c1csc(-c2ccc(Cl)cc2)n1. The molecule has 0 radical (unpaired) electrons. The molecule has 1 atom stereocenters. The molecule has 2 aromatic rings. The van der Waals surface area contributed by atoms with Crippen LogP contribution in [-0.4, -0.2) is 52.7 Å². The number of amides is 1. The number of aliphatic carboxylic acids is 1. The van der Waals surface area contributed by atoms with Crippen molar-refractivity contribution in [3.63, 3.8) is 0 Å². The van der Waals surface area contributed by atoms with Crippen LogP contribution >= 0.6 is 22.9 Å². The molecule has 1 aromatic heterocycles. The monoisotopic (exact) mass is 366 g/mol. The minimum atomic E-state index is -0.955. The number of aromatic nitrogens is 1. The van der Waals surface area contributed by atoms with E-state index in [1.165, 1.54) is 16.2 Å².